The van der Waals surface area contributed by atoms with Crippen LogP contribution in [0, 0.1) is 5.92 Å². The average Bonchev–Trinajstić information content (AvgIpc) is 3.09. The number of benzene rings is 1. The van der Waals surface area contributed by atoms with Gasteiger partial charge in [0.1, 0.15) is 6.04 Å². The molecule has 1 unspecified atom stereocenters. The van der Waals surface area contributed by atoms with E-state index in [1.54, 1.807) is 17.0 Å². The van der Waals surface area contributed by atoms with Crippen LogP contribution in [0.25, 0.3) is 0 Å². The van der Waals surface area contributed by atoms with E-state index in [1.165, 1.54) is 29.7 Å². The standard InChI is InChI=1S/C25H31BrN2O3/c26-20-11-13-21(14-12-20)28-23(29)17-22(25(28)31)27(16-15-18-7-3-1-4-8-18)24(30)19-9-5-2-6-10-19/h7,11-14,19,22H,1-6,8-10,15-17H2. The van der Waals surface area contributed by atoms with Crippen molar-refractivity contribution in [1.82, 2.24) is 4.90 Å². The molecule has 3 amide bonds. The lowest BCUT2D eigenvalue weighted by atomic mass is 9.87. The van der Waals surface area contributed by atoms with Gasteiger partial charge in [-0.05, 0) is 69.2 Å². The summed E-state index contributed by atoms with van der Waals surface area (Å²) in [7, 11) is 0. The Morgan fingerprint density at radius 1 is 1.03 bits per heavy atom. The zero-order chi connectivity index (χ0) is 21.8. The zero-order valence-corrected chi connectivity index (χ0v) is 19.6. The topological polar surface area (TPSA) is 57.7 Å². The number of halogens is 1. The van der Waals surface area contributed by atoms with Crippen LogP contribution in [0.2, 0.25) is 0 Å². The van der Waals surface area contributed by atoms with Crippen molar-refractivity contribution in [2.75, 3.05) is 11.4 Å². The second-order valence-corrected chi connectivity index (χ2v) is 9.90. The SMILES string of the molecule is O=C1CC(N(CCC2=CCCCC2)C(=O)C2CCCCC2)C(=O)N1c1ccc(Br)cc1. The van der Waals surface area contributed by atoms with Gasteiger partial charge in [0.15, 0.2) is 0 Å². The van der Waals surface area contributed by atoms with E-state index in [0.717, 1.165) is 49.4 Å². The van der Waals surface area contributed by atoms with Crippen LogP contribution in [0.3, 0.4) is 0 Å². The average molecular weight is 487 g/mol. The molecule has 2 aliphatic carbocycles. The largest absolute Gasteiger partial charge is 0.330 e. The fourth-order valence-electron chi connectivity index (χ4n) is 5.12. The fourth-order valence-corrected chi connectivity index (χ4v) is 5.38. The van der Waals surface area contributed by atoms with Gasteiger partial charge in [-0.3, -0.25) is 14.4 Å². The van der Waals surface area contributed by atoms with E-state index in [4.69, 9.17) is 0 Å². The van der Waals surface area contributed by atoms with Gasteiger partial charge in [-0.15, -0.1) is 0 Å². The van der Waals surface area contributed by atoms with Crippen LogP contribution < -0.4 is 4.90 Å². The molecule has 1 saturated heterocycles. The number of hydrogen-bond acceptors (Lipinski definition) is 3. The third-order valence-corrected chi connectivity index (χ3v) is 7.41. The van der Waals surface area contributed by atoms with E-state index >= 15 is 0 Å². The number of carbonyl (C=O) groups excluding carboxylic acids is 3. The summed E-state index contributed by atoms with van der Waals surface area (Å²) in [5.74, 6) is -0.441. The first-order valence-corrected chi connectivity index (χ1v) is 12.4. The van der Waals surface area contributed by atoms with E-state index < -0.39 is 6.04 Å². The summed E-state index contributed by atoms with van der Waals surface area (Å²) in [6.45, 7) is 0.527. The van der Waals surface area contributed by atoms with Crippen LogP contribution >= 0.6 is 15.9 Å². The molecule has 0 N–H and O–H groups in total. The molecule has 2 fully saturated rings. The number of amides is 3. The summed E-state index contributed by atoms with van der Waals surface area (Å²) < 4.78 is 0.891. The summed E-state index contributed by atoms with van der Waals surface area (Å²) in [5.41, 5.74) is 1.95. The number of hydrogen-bond donors (Lipinski definition) is 0. The molecule has 0 radical (unpaired) electrons. The fraction of sp³-hybridized carbons (Fsp3) is 0.560. The normalized spacial score (nSPS) is 22.5. The van der Waals surface area contributed by atoms with E-state index in [2.05, 4.69) is 22.0 Å². The summed E-state index contributed by atoms with van der Waals surface area (Å²) >= 11 is 3.39. The number of anilines is 1. The van der Waals surface area contributed by atoms with Crippen LogP contribution in [0.15, 0.2) is 40.4 Å². The molecule has 0 aromatic heterocycles. The van der Waals surface area contributed by atoms with Crippen molar-refractivity contribution in [3.63, 3.8) is 0 Å². The van der Waals surface area contributed by atoms with Gasteiger partial charge in [-0.2, -0.15) is 0 Å². The van der Waals surface area contributed by atoms with Crippen molar-refractivity contribution in [3.05, 3.63) is 40.4 Å². The van der Waals surface area contributed by atoms with Gasteiger partial charge in [0.05, 0.1) is 12.1 Å². The molecule has 31 heavy (non-hydrogen) atoms. The Labute approximate surface area is 193 Å². The van der Waals surface area contributed by atoms with Gasteiger partial charge in [-0.1, -0.05) is 46.8 Å². The molecule has 6 heteroatoms. The molecule has 1 heterocycles. The van der Waals surface area contributed by atoms with Crippen LogP contribution in [-0.4, -0.2) is 35.2 Å². The Morgan fingerprint density at radius 2 is 1.77 bits per heavy atom. The highest BCUT2D eigenvalue weighted by molar-refractivity contribution is 9.10. The molecule has 1 aromatic carbocycles. The van der Waals surface area contributed by atoms with Gasteiger partial charge < -0.3 is 4.90 Å². The first kappa shape index (κ1) is 22.3. The van der Waals surface area contributed by atoms with Crippen molar-refractivity contribution in [2.45, 2.75) is 76.7 Å². The van der Waals surface area contributed by atoms with Crippen molar-refractivity contribution < 1.29 is 14.4 Å². The van der Waals surface area contributed by atoms with Crippen LogP contribution in [0.5, 0.6) is 0 Å². The first-order valence-electron chi connectivity index (χ1n) is 11.7. The number of imide groups is 1. The molecule has 5 nitrogen and oxygen atoms in total. The number of allylic oxidation sites excluding steroid dienone is 1. The van der Waals surface area contributed by atoms with Gasteiger partial charge in [0.25, 0.3) is 5.91 Å². The van der Waals surface area contributed by atoms with Crippen molar-refractivity contribution in [1.29, 1.82) is 0 Å². The van der Waals surface area contributed by atoms with Crippen LogP contribution in [0.4, 0.5) is 5.69 Å². The predicted octanol–water partition coefficient (Wildman–Crippen LogP) is 5.38. The molecule has 0 bridgehead atoms. The lowest BCUT2D eigenvalue weighted by Gasteiger charge is -2.33. The quantitative estimate of drug-likeness (QED) is 0.400. The Balaban J connectivity index is 1.55. The minimum Gasteiger partial charge on any atom is -0.330 e. The van der Waals surface area contributed by atoms with Gasteiger partial charge >= 0.3 is 0 Å². The van der Waals surface area contributed by atoms with Crippen molar-refractivity contribution in [2.24, 2.45) is 5.92 Å². The summed E-state index contributed by atoms with van der Waals surface area (Å²) in [6.07, 6.45) is 12.9. The molecular weight excluding hydrogens is 456 g/mol. The second-order valence-electron chi connectivity index (χ2n) is 8.99. The minimum absolute atomic E-state index is 0.0151. The monoisotopic (exact) mass is 486 g/mol. The third kappa shape index (κ3) is 5.11. The first-order chi connectivity index (χ1) is 15.0. The second kappa shape index (κ2) is 10.1. The molecule has 0 spiro atoms. The van der Waals surface area contributed by atoms with E-state index in [-0.39, 0.29) is 30.1 Å². The van der Waals surface area contributed by atoms with Gasteiger partial charge in [0.2, 0.25) is 11.8 Å². The summed E-state index contributed by atoms with van der Waals surface area (Å²) in [5, 5.41) is 0. The molecule has 1 atom stereocenters. The Hall–Kier alpha value is -1.95. The molecule has 1 aromatic rings. The third-order valence-electron chi connectivity index (χ3n) is 6.88. The highest BCUT2D eigenvalue weighted by Gasteiger charge is 2.45. The van der Waals surface area contributed by atoms with Crippen LogP contribution in [0.1, 0.15) is 70.6 Å². The lowest BCUT2D eigenvalue weighted by Crippen LogP contribution is -2.48. The van der Waals surface area contributed by atoms with E-state index in [9.17, 15) is 14.4 Å². The maximum atomic E-state index is 13.5. The Kier molecular flexibility index (Phi) is 7.26. The van der Waals surface area contributed by atoms with E-state index in [0.29, 0.717) is 12.2 Å². The maximum absolute atomic E-state index is 13.5. The highest BCUT2D eigenvalue weighted by Crippen LogP contribution is 2.32. The molecule has 166 valence electrons. The number of nitrogens with zero attached hydrogens (tertiary/aromatic N) is 2. The van der Waals surface area contributed by atoms with Crippen molar-refractivity contribution >= 4 is 39.3 Å². The number of rotatable bonds is 6. The van der Waals surface area contributed by atoms with Crippen LogP contribution in [-0.2, 0) is 14.4 Å². The van der Waals surface area contributed by atoms with Gasteiger partial charge in [-0.25, -0.2) is 4.90 Å². The van der Waals surface area contributed by atoms with E-state index in [1.807, 2.05) is 12.1 Å². The van der Waals surface area contributed by atoms with Crippen molar-refractivity contribution in [3.8, 4) is 0 Å². The van der Waals surface area contributed by atoms with Gasteiger partial charge in [0, 0.05) is 16.9 Å². The molecule has 1 saturated carbocycles. The zero-order valence-electron chi connectivity index (χ0n) is 18.0. The molecule has 4 rings (SSSR count). The Morgan fingerprint density at radius 3 is 2.45 bits per heavy atom. The smallest absolute Gasteiger partial charge is 0.257 e. The Bertz CT molecular complexity index is 858. The minimum atomic E-state index is -0.685. The lowest BCUT2D eigenvalue weighted by molar-refractivity contribution is -0.142. The summed E-state index contributed by atoms with van der Waals surface area (Å²) in [4.78, 5) is 42.7. The molecular formula is C25H31BrN2O3. The predicted molar refractivity (Wildman–Crippen MR) is 124 cm³/mol. The molecule has 1 aliphatic heterocycles. The molecule has 3 aliphatic rings. The summed E-state index contributed by atoms with van der Waals surface area (Å²) in [6, 6.07) is 6.49. The number of carbonyl (C=O) groups is 3. The highest BCUT2D eigenvalue weighted by atomic mass is 79.9. The maximum Gasteiger partial charge on any atom is 0.257 e.